The molecule has 1 amide bonds. The predicted octanol–water partition coefficient (Wildman–Crippen LogP) is 2.15. The molecule has 0 aromatic heterocycles. The van der Waals surface area contributed by atoms with E-state index in [9.17, 15) is 18.0 Å². The van der Waals surface area contributed by atoms with Gasteiger partial charge in [0, 0.05) is 10.2 Å². The monoisotopic (exact) mass is 282 g/mol. The number of alkyl halides is 3. The van der Waals surface area contributed by atoms with Crippen molar-refractivity contribution in [3.8, 4) is 0 Å². The molecular formula is C8H6BrF3N2O. The fourth-order valence-electron chi connectivity index (χ4n) is 1.14. The molecule has 0 bridgehead atoms. The highest BCUT2D eigenvalue weighted by Crippen LogP contribution is 2.39. The van der Waals surface area contributed by atoms with Crippen LogP contribution in [0, 0.1) is 0 Å². The molecule has 0 heterocycles. The molecule has 1 aromatic rings. The Balaban J connectivity index is 3.60. The number of nitrogen functional groups attached to an aromatic ring is 1. The van der Waals surface area contributed by atoms with E-state index in [4.69, 9.17) is 11.5 Å². The van der Waals surface area contributed by atoms with E-state index in [1.54, 1.807) is 0 Å². The van der Waals surface area contributed by atoms with Crippen molar-refractivity contribution < 1.29 is 18.0 Å². The lowest BCUT2D eigenvalue weighted by atomic mass is 10.0. The number of amides is 1. The Hall–Kier alpha value is -1.24. The van der Waals surface area contributed by atoms with Gasteiger partial charge >= 0.3 is 6.18 Å². The van der Waals surface area contributed by atoms with Crippen molar-refractivity contribution >= 4 is 27.5 Å². The zero-order valence-electron chi connectivity index (χ0n) is 7.23. The number of primary amides is 1. The van der Waals surface area contributed by atoms with Crippen molar-refractivity contribution in [3.63, 3.8) is 0 Å². The summed E-state index contributed by atoms with van der Waals surface area (Å²) in [5.74, 6) is -1.21. The van der Waals surface area contributed by atoms with Crippen molar-refractivity contribution in [2.45, 2.75) is 6.18 Å². The zero-order valence-corrected chi connectivity index (χ0v) is 8.82. The molecule has 1 aromatic carbocycles. The molecule has 3 nitrogen and oxygen atoms in total. The first-order chi connectivity index (χ1) is 6.75. The molecule has 0 atom stereocenters. The van der Waals surface area contributed by atoms with Gasteiger partial charge < -0.3 is 11.5 Å². The third-order valence-electron chi connectivity index (χ3n) is 1.72. The van der Waals surface area contributed by atoms with Crippen molar-refractivity contribution in [2.75, 3.05) is 5.73 Å². The second-order valence-corrected chi connectivity index (χ2v) is 3.60. The summed E-state index contributed by atoms with van der Waals surface area (Å²) in [5, 5.41) is 0. The maximum atomic E-state index is 12.6. The maximum Gasteiger partial charge on any atom is 0.418 e. The summed E-state index contributed by atoms with van der Waals surface area (Å²) in [6.45, 7) is 0. The van der Waals surface area contributed by atoms with Crippen LogP contribution in [0.1, 0.15) is 15.9 Å². The number of halogens is 4. The Morgan fingerprint density at radius 3 is 2.20 bits per heavy atom. The number of hydrogen-bond acceptors (Lipinski definition) is 2. The minimum absolute atomic E-state index is 0.266. The number of nitrogens with two attached hydrogens (primary N) is 2. The van der Waals surface area contributed by atoms with Gasteiger partial charge in [-0.2, -0.15) is 13.2 Å². The highest BCUT2D eigenvalue weighted by atomic mass is 79.9. The smallest absolute Gasteiger partial charge is 0.398 e. The van der Waals surface area contributed by atoms with E-state index in [1.165, 1.54) is 6.07 Å². The number of rotatable bonds is 1. The first-order valence-corrected chi connectivity index (χ1v) is 4.49. The minimum atomic E-state index is -4.68. The van der Waals surface area contributed by atoms with E-state index < -0.39 is 23.2 Å². The summed E-state index contributed by atoms with van der Waals surface area (Å²) in [4.78, 5) is 10.9. The molecule has 0 spiro atoms. The fourth-order valence-corrected chi connectivity index (χ4v) is 1.69. The fraction of sp³-hybridized carbons (Fsp3) is 0.125. The Labute approximate surface area is 91.4 Å². The first kappa shape index (κ1) is 11.8. The highest BCUT2D eigenvalue weighted by molar-refractivity contribution is 9.10. The highest BCUT2D eigenvalue weighted by Gasteiger charge is 2.38. The van der Waals surface area contributed by atoms with Gasteiger partial charge in [-0.05, 0) is 12.1 Å². The van der Waals surface area contributed by atoms with Gasteiger partial charge in [-0.1, -0.05) is 15.9 Å². The third kappa shape index (κ3) is 2.23. The molecule has 1 rings (SSSR count). The molecular weight excluding hydrogens is 277 g/mol. The number of hydrogen-bond donors (Lipinski definition) is 2. The molecule has 0 fully saturated rings. The third-order valence-corrected chi connectivity index (χ3v) is 2.38. The van der Waals surface area contributed by atoms with Gasteiger partial charge in [-0.25, -0.2) is 0 Å². The minimum Gasteiger partial charge on any atom is -0.398 e. The van der Waals surface area contributed by atoms with Gasteiger partial charge in [0.1, 0.15) is 0 Å². The average Bonchev–Trinajstić information content (AvgIpc) is 2.05. The summed E-state index contributed by atoms with van der Waals surface area (Å²) in [7, 11) is 0. The van der Waals surface area contributed by atoms with Crippen LogP contribution in [-0.2, 0) is 6.18 Å². The second kappa shape index (κ2) is 3.73. The van der Waals surface area contributed by atoms with Gasteiger partial charge in [-0.3, -0.25) is 4.79 Å². The van der Waals surface area contributed by atoms with E-state index in [2.05, 4.69) is 15.9 Å². The van der Waals surface area contributed by atoms with Crippen LogP contribution in [-0.4, -0.2) is 5.91 Å². The lowest BCUT2D eigenvalue weighted by Gasteiger charge is -2.14. The maximum absolute atomic E-state index is 12.6. The number of anilines is 1. The largest absolute Gasteiger partial charge is 0.418 e. The Bertz CT molecular complexity index is 417. The van der Waals surface area contributed by atoms with Crippen LogP contribution < -0.4 is 11.5 Å². The van der Waals surface area contributed by atoms with E-state index in [0.29, 0.717) is 0 Å². The molecule has 0 saturated carbocycles. The van der Waals surface area contributed by atoms with Gasteiger partial charge in [0.25, 0.3) is 5.91 Å². The van der Waals surface area contributed by atoms with Crippen LogP contribution in [0.25, 0.3) is 0 Å². The molecule has 82 valence electrons. The van der Waals surface area contributed by atoms with Crippen molar-refractivity contribution in [1.29, 1.82) is 0 Å². The number of benzene rings is 1. The summed E-state index contributed by atoms with van der Waals surface area (Å²) in [5.41, 5.74) is 7.96. The topological polar surface area (TPSA) is 69.1 Å². The van der Waals surface area contributed by atoms with Crippen LogP contribution in [0.15, 0.2) is 16.6 Å². The molecule has 15 heavy (non-hydrogen) atoms. The van der Waals surface area contributed by atoms with Crippen LogP contribution >= 0.6 is 15.9 Å². The van der Waals surface area contributed by atoms with Gasteiger partial charge in [0.05, 0.1) is 11.1 Å². The van der Waals surface area contributed by atoms with Crippen LogP contribution in [0.5, 0.6) is 0 Å². The predicted molar refractivity (Wildman–Crippen MR) is 52.1 cm³/mol. The molecule has 0 aliphatic rings. The standard InChI is InChI=1S/C8H6BrF3N2O/c9-3-1-2-4(13)5(7(14)15)6(3)8(10,11)12/h1-2H,13H2,(H2,14,15). The quantitative estimate of drug-likeness (QED) is 0.775. The first-order valence-electron chi connectivity index (χ1n) is 3.70. The molecule has 4 N–H and O–H groups in total. The Morgan fingerprint density at radius 1 is 1.33 bits per heavy atom. The van der Waals surface area contributed by atoms with Crippen molar-refractivity contribution in [3.05, 3.63) is 27.7 Å². The van der Waals surface area contributed by atoms with E-state index >= 15 is 0 Å². The van der Waals surface area contributed by atoms with Crippen LogP contribution in [0.4, 0.5) is 18.9 Å². The van der Waals surface area contributed by atoms with E-state index in [-0.39, 0.29) is 10.2 Å². The lowest BCUT2D eigenvalue weighted by Crippen LogP contribution is -2.21. The summed E-state index contributed by atoms with van der Waals surface area (Å²) in [6, 6.07) is 2.30. The van der Waals surface area contributed by atoms with Crippen LogP contribution in [0.3, 0.4) is 0 Å². The van der Waals surface area contributed by atoms with Crippen molar-refractivity contribution in [1.82, 2.24) is 0 Å². The molecule has 0 aliphatic carbocycles. The van der Waals surface area contributed by atoms with E-state index in [1.807, 2.05) is 0 Å². The van der Waals surface area contributed by atoms with Gasteiger partial charge in [0.15, 0.2) is 0 Å². The van der Waals surface area contributed by atoms with E-state index in [0.717, 1.165) is 6.07 Å². The van der Waals surface area contributed by atoms with Gasteiger partial charge in [0.2, 0.25) is 0 Å². The summed E-state index contributed by atoms with van der Waals surface area (Å²) in [6.07, 6.45) is -4.68. The molecule has 7 heteroatoms. The normalized spacial score (nSPS) is 11.5. The Morgan fingerprint density at radius 2 is 1.87 bits per heavy atom. The number of carbonyl (C=O) groups excluding carboxylic acids is 1. The number of carbonyl (C=O) groups is 1. The van der Waals surface area contributed by atoms with Crippen molar-refractivity contribution in [2.24, 2.45) is 5.73 Å². The molecule has 0 unspecified atom stereocenters. The van der Waals surface area contributed by atoms with Crippen LogP contribution in [0.2, 0.25) is 0 Å². The lowest BCUT2D eigenvalue weighted by molar-refractivity contribution is -0.138. The summed E-state index contributed by atoms with van der Waals surface area (Å²) >= 11 is 2.70. The Kier molecular flexibility index (Phi) is 2.94. The average molecular weight is 283 g/mol. The second-order valence-electron chi connectivity index (χ2n) is 2.75. The molecule has 0 aliphatic heterocycles. The van der Waals surface area contributed by atoms with Gasteiger partial charge in [-0.15, -0.1) is 0 Å². The molecule has 0 saturated heterocycles. The zero-order chi connectivity index (χ0) is 11.8. The molecule has 0 radical (unpaired) electrons. The summed E-state index contributed by atoms with van der Waals surface area (Å²) < 4.78 is 37.4. The SMILES string of the molecule is NC(=O)c1c(N)ccc(Br)c1C(F)(F)F.